The number of thiophene rings is 1. The van der Waals surface area contributed by atoms with Crippen LogP contribution in [0.3, 0.4) is 0 Å². The van der Waals surface area contributed by atoms with Crippen molar-refractivity contribution in [2.75, 3.05) is 13.2 Å². The molecular weight excluding hydrogens is 258 g/mol. The van der Waals surface area contributed by atoms with E-state index in [9.17, 15) is 4.79 Å². The average Bonchev–Trinajstić information content (AvgIpc) is 2.70. The predicted octanol–water partition coefficient (Wildman–Crippen LogP) is 2.55. The molecule has 1 amide bonds. The number of aliphatic hydroxyl groups is 1. The summed E-state index contributed by atoms with van der Waals surface area (Å²) in [6, 6.07) is 3.66. The first-order chi connectivity index (χ1) is 8.11. The lowest BCUT2D eigenvalue weighted by molar-refractivity contribution is -0.116. The number of aliphatic hydroxyl groups excluding tert-OH is 1. The van der Waals surface area contributed by atoms with Crippen LogP contribution in [0.1, 0.15) is 18.2 Å². The molecule has 1 aromatic heterocycles. The minimum atomic E-state index is -0.126. The van der Waals surface area contributed by atoms with Gasteiger partial charge in [-0.25, -0.2) is 0 Å². The number of carbonyl (C=O) groups excluding carboxylic acids is 1. The molecular formula is C12H16ClNO2S. The highest BCUT2D eigenvalue weighted by Gasteiger charge is 2.02. The predicted molar refractivity (Wildman–Crippen MR) is 72.2 cm³/mol. The second kappa shape index (κ2) is 7.48. The Bertz CT molecular complexity index is 390. The maximum Gasteiger partial charge on any atom is 0.244 e. The van der Waals surface area contributed by atoms with Crippen LogP contribution in [0.2, 0.25) is 4.34 Å². The van der Waals surface area contributed by atoms with Gasteiger partial charge in [-0.1, -0.05) is 18.5 Å². The van der Waals surface area contributed by atoms with Gasteiger partial charge in [-0.3, -0.25) is 4.79 Å². The van der Waals surface area contributed by atoms with Gasteiger partial charge in [-0.2, -0.15) is 0 Å². The van der Waals surface area contributed by atoms with Gasteiger partial charge in [-0.05, 0) is 30.5 Å². The molecule has 1 aromatic rings. The van der Waals surface area contributed by atoms with Gasteiger partial charge < -0.3 is 10.4 Å². The fourth-order valence-corrected chi connectivity index (χ4v) is 2.20. The van der Waals surface area contributed by atoms with Crippen LogP contribution >= 0.6 is 22.9 Å². The summed E-state index contributed by atoms with van der Waals surface area (Å²) in [5.74, 6) is 0.160. The number of hydrogen-bond donors (Lipinski definition) is 2. The van der Waals surface area contributed by atoms with E-state index in [-0.39, 0.29) is 18.4 Å². The molecule has 1 heterocycles. The molecule has 1 unspecified atom stereocenters. The summed E-state index contributed by atoms with van der Waals surface area (Å²) in [5.41, 5.74) is 0. The lowest BCUT2D eigenvalue weighted by Gasteiger charge is -2.09. The second-order valence-electron chi connectivity index (χ2n) is 3.84. The Hall–Kier alpha value is -0.840. The first-order valence-electron chi connectivity index (χ1n) is 5.44. The van der Waals surface area contributed by atoms with Crippen LogP contribution in [0.15, 0.2) is 18.2 Å². The van der Waals surface area contributed by atoms with Gasteiger partial charge in [0, 0.05) is 24.1 Å². The average molecular weight is 274 g/mol. The van der Waals surface area contributed by atoms with Crippen molar-refractivity contribution in [2.24, 2.45) is 5.92 Å². The van der Waals surface area contributed by atoms with Crippen LogP contribution in [0.5, 0.6) is 0 Å². The quantitative estimate of drug-likeness (QED) is 0.783. The number of halogens is 1. The normalized spacial score (nSPS) is 12.9. The number of amides is 1. The van der Waals surface area contributed by atoms with Crippen molar-refractivity contribution in [2.45, 2.75) is 13.3 Å². The van der Waals surface area contributed by atoms with Gasteiger partial charge in [0.1, 0.15) is 0 Å². The first kappa shape index (κ1) is 14.2. The molecule has 0 aromatic carbocycles. The van der Waals surface area contributed by atoms with E-state index in [1.165, 1.54) is 17.4 Å². The van der Waals surface area contributed by atoms with Crippen molar-refractivity contribution in [3.63, 3.8) is 0 Å². The molecule has 0 aliphatic carbocycles. The maximum absolute atomic E-state index is 11.4. The summed E-state index contributed by atoms with van der Waals surface area (Å²) in [5, 5.41) is 11.5. The van der Waals surface area contributed by atoms with Gasteiger partial charge in [0.2, 0.25) is 5.91 Å². The topological polar surface area (TPSA) is 49.3 Å². The van der Waals surface area contributed by atoms with E-state index < -0.39 is 0 Å². The van der Waals surface area contributed by atoms with E-state index in [1.54, 1.807) is 12.1 Å². The molecule has 0 saturated carbocycles. The van der Waals surface area contributed by atoms with Crippen LogP contribution in [0.4, 0.5) is 0 Å². The highest BCUT2D eigenvalue weighted by atomic mass is 35.5. The molecule has 0 bridgehead atoms. The summed E-state index contributed by atoms with van der Waals surface area (Å²) < 4.78 is 0.710. The summed E-state index contributed by atoms with van der Waals surface area (Å²) in [4.78, 5) is 12.4. The van der Waals surface area contributed by atoms with Crippen LogP contribution in [0.25, 0.3) is 6.08 Å². The molecule has 5 heteroatoms. The summed E-state index contributed by atoms with van der Waals surface area (Å²) in [7, 11) is 0. The molecule has 3 nitrogen and oxygen atoms in total. The minimum Gasteiger partial charge on any atom is -0.396 e. The molecule has 0 aliphatic rings. The van der Waals surface area contributed by atoms with Crippen LogP contribution in [-0.2, 0) is 4.79 Å². The summed E-state index contributed by atoms with van der Waals surface area (Å²) in [6.07, 6.45) is 3.93. The van der Waals surface area contributed by atoms with Gasteiger partial charge in [0.05, 0.1) is 4.34 Å². The van der Waals surface area contributed by atoms with E-state index in [1.807, 2.05) is 13.0 Å². The Morgan fingerprint density at radius 2 is 2.41 bits per heavy atom. The Kier molecular flexibility index (Phi) is 6.26. The van der Waals surface area contributed by atoms with Crippen molar-refractivity contribution >= 4 is 34.9 Å². The molecule has 2 N–H and O–H groups in total. The Labute approximate surface area is 110 Å². The number of carbonyl (C=O) groups is 1. The third-order valence-corrected chi connectivity index (χ3v) is 3.44. The smallest absolute Gasteiger partial charge is 0.244 e. The fraction of sp³-hybridized carbons (Fsp3) is 0.417. The molecule has 0 radical (unpaired) electrons. The monoisotopic (exact) mass is 273 g/mol. The second-order valence-corrected chi connectivity index (χ2v) is 5.58. The van der Waals surface area contributed by atoms with Crippen molar-refractivity contribution in [1.82, 2.24) is 5.32 Å². The zero-order valence-electron chi connectivity index (χ0n) is 9.65. The molecule has 1 atom stereocenters. The van der Waals surface area contributed by atoms with Crippen LogP contribution < -0.4 is 5.32 Å². The lowest BCUT2D eigenvalue weighted by Crippen LogP contribution is -2.26. The van der Waals surface area contributed by atoms with Crippen LogP contribution in [-0.4, -0.2) is 24.2 Å². The van der Waals surface area contributed by atoms with E-state index >= 15 is 0 Å². The summed E-state index contributed by atoms with van der Waals surface area (Å²) >= 11 is 7.20. The van der Waals surface area contributed by atoms with Crippen LogP contribution in [0, 0.1) is 5.92 Å². The van der Waals surface area contributed by atoms with Gasteiger partial charge in [0.15, 0.2) is 0 Å². The molecule has 0 saturated heterocycles. The highest BCUT2D eigenvalue weighted by Crippen LogP contribution is 2.22. The number of hydrogen-bond acceptors (Lipinski definition) is 3. The first-order valence-corrected chi connectivity index (χ1v) is 6.63. The van der Waals surface area contributed by atoms with E-state index in [0.29, 0.717) is 17.3 Å². The number of nitrogens with one attached hydrogen (secondary N) is 1. The third-order valence-electron chi connectivity index (χ3n) is 2.24. The third kappa shape index (κ3) is 5.86. The standard InChI is InChI=1S/C12H16ClNO2S/c1-9(6-7-15)8-14-12(16)5-3-10-2-4-11(13)17-10/h2-5,9,15H,6-8H2,1H3,(H,14,16). The van der Waals surface area contributed by atoms with Gasteiger partial charge in [-0.15, -0.1) is 11.3 Å². The highest BCUT2D eigenvalue weighted by molar-refractivity contribution is 7.17. The molecule has 17 heavy (non-hydrogen) atoms. The van der Waals surface area contributed by atoms with Crippen molar-refractivity contribution in [1.29, 1.82) is 0 Å². The van der Waals surface area contributed by atoms with E-state index in [0.717, 1.165) is 4.88 Å². The summed E-state index contributed by atoms with van der Waals surface area (Å²) in [6.45, 7) is 2.72. The van der Waals surface area contributed by atoms with Gasteiger partial charge >= 0.3 is 0 Å². The van der Waals surface area contributed by atoms with Gasteiger partial charge in [0.25, 0.3) is 0 Å². The minimum absolute atomic E-state index is 0.126. The largest absolute Gasteiger partial charge is 0.396 e. The SMILES string of the molecule is CC(CCO)CNC(=O)C=Cc1ccc(Cl)s1. The van der Waals surface area contributed by atoms with Crippen molar-refractivity contribution in [3.05, 3.63) is 27.4 Å². The zero-order valence-corrected chi connectivity index (χ0v) is 11.2. The van der Waals surface area contributed by atoms with E-state index in [2.05, 4.69) is 5.32 Å². The zero-order chi connectivity index (χ0) is 12.7. The molecule has 0 fully saturated rings. The Balaban J connectivity index is 2.32. The lowest BCUT2D eigenvalue weighted by atomic mass is 10.1. The Morgan fingerprint density at radius 3 is 3.00 bits per heavy atom. The Morgan fingerprint density at radius 1 is 1.65 bits per heavy atom. The molecule has 0 spiro atoms. The number of rotatable bonds is 6. The molecule has 94 valence electrons. The maximum atomic E-state index is 11.4. The van der Waals surface area contributed by atoms with Crippen molar-refractivity contribution < 1.29 is 9.90 Å². The molecule has 1 rings (SSSR count). The van der Waals surface area contributed by atoms with E-state index in [4.69, 9.17) is 16.7 Å². The fourth-order valence-electron chi connectivity index (χ4n) is 1.23. The molecule has 0 aliphatic heterocycles. The van der Waals surface area contributed by atoms with Crippen molar-refractivity contribution in [3.8, 4) is 0 Å².